The predicted octanol–water partition coefficient (Wildman–Crippen LogP) is 3.97. The molecular weight excluding hydrogens is 247 g/mol. The van der Waals surface area contributed by atoms with Gasteiger partial charge in [-0.2, -0.15) is 0 Å². The van der Waals surface area contributed by atoms with E-state index in [2.05, 4.69) is 39.8 Å². The molecule has 0 heterocycles. The highest BCUT2D eigenvalue weighted by molar-refractivity contribution is 6.61. The molecule has 0 fully saturated rings. The van der Waals surface area contributed by atoms with Crippen molar-refractivity contribution < 1.29 is 9.31 Å². The number of hydrogen-bond acceptors (Lipinski definition) is 2. The molecule has 0 unspecified atom stereocenters. The third-order valence-electron chi connectivity index (χ3n) is 3.26. The largest absolute Gasteiger partial charge is 0.494 e. The number of benzene rings is 1. The lowest BCUT2D eigenvalue weighted by molar-refractivity contribution is 0.139. The smallest absolute Gasteiger partial charge is 0.405 e. The quantitative estimate of drug-likeness (QED) is 0.732. The molecule has 0 N–H and O–H groups in total. The Bertz CT molecular complexity index is 406. The molecule has 112 valence electrons. The van der Waals surface area contributed by atoms with Gasteiger partial charge in [0.2, 0.25) is 0 Å². The summed E-state index contributed by atoms with van der Waals surface area (Å²) in [4.78, 5) is 0. The van der Waals surface area contributed by atoms with Gasteiger partial charge in [0.15, 0.2) is 0 Å². The van der Waals surface area contributed by atoms with Crippen LogP contribution in [0.15, 0.2) is 12.1 Å². The van der Waals surface area contributed by atoms with E-state index < -0.39 is 0 Å². The van der Waals surface area contributed by atoms with Crippen molar-refractivity contribution in [3.05, 3.63) is 28.8 Å². The van der Waals surface area contributed by atoms with Crippen LogP contribution in [0.5, 0.6) is 0 Å². The lowest BCUT2D eigenvalue weighted by Crippen LogP contribution is -2.41. The molecule has 0 atom stereocenters. The Kier molecular flexibility index (Phi) is 6.28. The van der Waals surface area contributed by atoms with Crippen molar-refractivity contribution >= 4 is 12.6 Å². The summed E-state index contributed by atoms with van der Waals surface area (Å²) in [5.74, 6) is 0.541. The van der Waals surface area contributed by atoms with Crippen LogP contribution in [-0.2, 0) is 9.31 Å². The van der Waals surface area contributed by atoms with Gasteiger partial charge < -0.3 is 9.31 Å². The van der Waals surface area contributed by atoms with Gasteiger partial charge >= 0.3 is 7.12 Å². The monoisotopic (exact) mass is 276 g/mol. The summed E-state index contributed by atoms with van der Waals surface area (Å²) in [5, 5.41) is 0. The third-order valence-corrected chi connectivity index (χ3v) is 3.26. The molecule has 0 aliphatic carbocycles. The van der Waals surface area contributed by atoms with Crippen LogP contribution in [0.1, 0.15) is 64.2 Å². The molecule has 0 radical (unpaired) electrons. The molecule has 3 heteroatoms. The van der Waals surface area contributed by atoms with Gasteiger partial charge in [-0.05, 0) is 69.6 Å². The highest BCUT2D eigenvalue weighted by atomic mass is 16.6. The number of aryl methyl sites for hydroxylation is 2. The fourth-order valence-corrected chi connectivity index (χ4v) is 2.74. The van der Waals surface area contributed by atoms with Gasteiger partial charge in [-0.3, -0.25) is 0 Å². The summed E-state index contributed by atoms with van der Waals surface area (Å²) < 4.78 is 11.9. The Hall–Kier alpha value is -0.795. The first-order chi connectivity index (χ1) is 9.22. The molecular formula is C17H29BO2. The van der Waals surface area contributed by atoms with Crippen molar-refractivity contribution in [1.29, 1.82) is 0 Å². The van der Waals surface area contributed by atoms with Crippen molar-refractivity contribution in [1.82, 2.24) is 0 Å². The second-order valence-corrected chi connectivity index (χ2v) is 6.42. The minimum Gasteiger partial charge on any atom is -0.405 e. The second-order valence-electron chi connectivity index (χ2n) is 6.42. The van der Waals surface area contributed by atoms with Crippen LogP contribution in [0, 0.1) is 13.8 Å². The van der Waals surface area contributed by atoms with E-state index in [-0.39, 0.29) is 19.3 Å². The van der Waals surface area contributed by atoms with Gasteiger partial charge in [0.1, 0.15) is 0 Å². The van der Waals surface area contributed by atoms with E-state index in [1.165, 1.54) is 16.7 Å². The predicted molar refractivity (Wildman–Crippen MR) is 87.8 cm³/mol. The van der Waals surface area contributed by atoms with Crippen LogP contribution in [0.3, 0.4) is 0 Å². The summed E-state index contributed by atoms with van der Waals surface area (Å²) in [6.07, 6.45) is 0.285. The Morgan fingerprint density at radius 1 is 0.800 bits per heavy atom. The molecule has 0 aliphatic rings. The molecule has 0 saturated heterocycles. The topological polar surface area (TPSA) is 18.5 Å². The van der Waals surface area contributed by atoms with Crippen LogP contribution >= 0.6 is 0 Å². The van der Waals surface area contributed by atoms with Crippen molar-refractivity contribution in [3.8, 4) is 0 Å². The first kappa shape index (κ1) is 17.3. The number of hydrogen-bond donors (Lipinski definition) is 0. The van der Waals surface area contributed by atoms with E-state index >= 15 is 0 Å². The van der Waals surface area contributed by atoms with E-state index in [0.29, 0.717) is 5.92 Å². The van der Waals surface area contributed by atoms with Crippen LogP contribution in [0.25, 0.3) is 0 Å². The fraction of sp³-hybridized carbons (Fsp3) is 0.647. The van der Waals surface area contributed by atoms with E-state index in [4.69, 9.17) is 9.31 Å². The molecule has 1 rings (SSSR count). The zero-order valence-electron chi connectivity index (χ0n) is 14.3. The molecule has 0 amide bonds. The first-order valence-corrected chi connectivity index (χ1v) is 7.64. The lowest BCUT2D eigenvalue weighted by Gasteiger charge is -2.22. The van der Waals surface area contributed by atoms with E-state index in [1.54, 1.807) is 0 Å². The zero-order chi connectivity index (χ0) is 15.4. The molecule has 2 nitrogen and oxygen atoms in total. The number of rotatable bonds is 6. The van der Waals surface area contributed by atoms with Gasteiger partial charge in [0.05, 0.1) is 0 Å². The van der Waals surface area contributed by atoms with Gasteiger partial charge in [0.25, 0.3) is 0 Å². The average Bonchev–Trinajstić information content (AvgIpc) is 2.24. The summed E-state index contributed by atoms with van der Waals surface area (Å²) in [7, 11) is -0.284. The average molecular weight is 276 g/mol. The van der Waals surface area contributed by atoms with Gasteiger partial charge in [-0.1, -0.05) is 26.0 Å². The maximum absolute atomic E-state index is 5.94. The third kappa shape index (κ3) is 4.64. The summed E-state index contributed by atoms with van der Waals surface area (Å²) in [5.41, 5.74) is 5.19. The second kappa shape index (κ2) is 7.28. The summed E-state index contributed by atoms with van der Waals surface area (Å²) >= 11 is 0. The maximum atomic E-state index is 5.94. The highest BCUT2D eigenvalue weighted by Gasteiger charge is 2.25. The molecule has 20 heavy (non-hydrogen) atoms. The van der Waals surface area contributed by atoms with Gasteiger partial charge in [-0.25, -0.2) is 0 Å². The van der Waals surface area contributed by atoms with E-state index in [1.807, 2.05) is 27.7 Å². The van der Waals surface area contributed by atoms with Crippen molar-refractivity contribution in [2.45, 2.75) is 73.5 Å². The normalized spacial score (nSPS) is 11.8. The van der Waals surface area contributed by atoms with E-state index in [9.17, 15) is 0 Å². The Labute approximate surface area is 125 Å². The molecule has 0 aromatic heterocycles. The van der Waals surface area contributed by atoms with Crippen LogP contribution in [0.2, 0.25) is 0 Å². The Morgan fingerprint density at radius 3 is 1.50 bits per heavy atom. The first-order valence-electron chi connectivity index (χ1n) is 7.64. The molecule has 1 aromatic rings. The van der Waals surface area contributed by atoms with Crippen molar-refractivity contribution in [2.75, 3.05) is 0 Å². The molecule has 0 spiro atoms. The van der Waals surface area contributed by atoms with Gasteiger partial charge in [-0.15, -0.1) is 0 Å². The fourth-order valence-electron chi connectivity index (χ4n) is 2.74. The maximum Gasteiger partial charge on any atom is 0.494 e. The minimum absolute atomic E-state index is 0.143. The van der Waals surface area contributed by atoms with Crippen LogP contribution in [-0.4, -0.2) is 19.3 Å². The van der Waals surface area contributed by atoms with Crippen molar-refractivity contribution in [2.24, 2.45) is 0 Å². The Balaban J connectivity index is 3.14. The summed E-state index contributed by atoms with van der Waals surface area (Å²) in [6, 6.07) is 4.41. The van der Waals surface area contributed by atoms with Crippen molar-refractivity contribution in [3.63, 3.8) is 0 Å². The lowest BCUT2D eigenvalue weighted by atomic mass is 9.75. The molecule has 0 saturated carbocycles. The van der Waals surface area contributed by atoms with Crippen LogP contribution < -0.4 is 5.46 Å². The zero-order valence-corrected chi connectivity index (χ0v) is 14.3. The minimum atomic E-state index is -0.284. The highest BCUT2D eigenvalue weighted by Crippen LogP contribution is 2.22. The SMILES string of the molecule is Cc1cc(B(OC(C)C)OC(C)C)cc(C)c1C(C)C. The Morgan fingerprint density at radius 2 is 1.20 bits per heavy atom. The van der Waals surface area contributed by atoms with Crippen LogP contribution in [0.4, 0.5) is 0 Å². The standard InChI is InChI=1S/C17H29BO2/c1-11(2)17-14(7)9-16(10-15(17)8)18(19-12(3)4)20-13(5)6/h9-13H,1-8H3. The molecule has 1 aromatic carbocycles. The summed E-state index contributed by atoms with van der Waals surface area (Å²) in [6.45, 7) is 17.0. The van der Waals surface area contributed by atoms with Gasteiger partial charge in [0, 0.05) is 12.2 Å². The van der Waals surface area contributed by atoms with E-state index in [0.717, 1.165) is 5.46 Å². The molecule has 0 bridgehead atoms. The molecule has 0 aliphatic heterocycles.